The zero-order chi connectivity index (χ0) is 12.4. The first kappa shape index (κ1) is 12.7. The Labute approximate surface area is 110 Å². The largest absolute Gasteiger partial charge is 0.486 e. The van der Waals surface area contributed by atoms with Crippen molar-refractivity contribution in [2.24, 2.45) is 5.73 Å². The van der Waals surface area contributed by atoms with Crippen LogP contribution in [0, 0.1) is 0 Å². The van der Waals surface area contributed by atoms with E-state index in [9.17, 15) is 0 Å². The first-order valence-corrected chi connectivity index (χ1v) is 6.75. The van der Waals surface area contributed by atoms with Crippen LogP contribution < -0.4 is 15.2 Å². The molecule has 0 radical (unpaired) electrons. The second kappa shape index (κ2) is 5.27. The maximum absolute atomic E-state index is 5.77. The summed E-state index contributed by atoms with van der Waals surface area (Å²) in [5.74, 6) is 2.13. The second-order valence-electron chi connectivity index (χ2n) is 4.47. The van der Waals surface area contributed by atoms with Crippen LogP contribution in [0.3, 0.4) is 0 Å². The minimum Gasteiger partial charge on any atom is -0.486 e. The summed E-state index contributed by atoms with van der Waals surface area (Å²) in [4.78, 5) is 0. The Morgan fingerprint density at radius 2 is 2.06 bits per heavy atom. The Morgan fingerprint density at radius 3 is 2.71 bits per heavy atom. The zero-order valence-electron chi connectivity index (χ0n) is 10.3. The molecule has 0 saturated carbocycles. The molecule has 3 nitrogen and oxygen atoms in total. The number of benzene rings is 1. The van der Waals surface area contributed by atoms with E-state index in [1.807, 2.05) is 6.07 Å². The molecule has 0 aromatic heterocycles. The maximum Gasteiger partial charge on any atom is 0.165 e. The Morgan fingerprint density at radius 1 is 1.35 bits per heavy atom. The van der Waals surface area contributed by atoms with Crippen molar-refractivity contribution in [3.63, 3.8) is 0 Å². The Kier molecular flexibility index (Phi) is 3.94. The van der Waals surface area contributed by atoms with Crippen LogP contribution in [-0.2, 0) is 6.42 Å². The summed E-state index contributed by atoms with van der Waals surface area (Å²) in [5, 5.41) is 0. The van der Waals surface area contributed by atoms with Gasteiger partial charge in [-0.05, 0) is 30.5 Å². The topological polar surface area (TPSA) is 44.5 Å². The lowest BCUT2D eigenvalue weighted by molar-refractivity contribution is 0.169. The standard InChI is InChI=1S/C13H18BrNO2/c1-8(2)12-9(3-4-15)10(14)7-11-13(12)17-6-5-16-11/h7-8H,3-6,15H2,1-2H3. The van der Waals surface area contributed by atoms with E-state index in [0.29, 0.717) is 25.7 Å². The molecule has 1 heterocycles. The number of ether oxygens (including phenoxy) is 2. The Balaban J connectivity index is 2.58. The molecule has 1 aromatic carbocycles. The number of fused-ring (bicyclic) bond motifs is 1. The number of halogens is 1. The molecular formula is C13H18BrNO2. The molecule has 94 valence electrons. The highest BCUT2D eigenvalue weighted by molar-refractivity contribution is 9.10. The third-order valence-electron chi connectivity index (χ3n) is 2.90. The van der Waals surface area contributed by atoms with Crippen LogP contribution in [0.25, 0.3) is 0 Å². The normalized spacial score (nSPS) is 14.2. The van der Waals surface area contributed by atoms with Crippen molar-refractivity contribution in [2.75, 3.05) is 19.8 Å². The van der Waals surface area contributed by atoms with Crippen LogP contribution in [0.2, 0.25) is 0 Å². The average Bonchev–Trinajstić information content (AvgIpc) is 2.29. The predicted octanol–water partition coefficient (Wildman–Crippen LogP) is 2.84. The van der Waals surface area contributed by atoms with Gasteiger partial charge in [-0.1, -0.05) is 29.8 Å². The van der Waals surface area contributed by atoms with Crippen LogP contribution in [-0.4, -0.2) is 19.8 Å². The highest BCUT2D eigenvalue weighted by Gasteiger charge is 2.23. The summed E-state index contributed by atoms with van der Waals surface area (Å²) in [7, 11) is 0. The van der Waals surface area contributed by atoms with Crippen LogP contribution in [0.15, 0.2) is 10.5 Å². The van der Waals surface area contributed by atoms with Crippen LogP contribution >= 0.6 is 15.9 Å². The number of hydrogen-bond acceptors (Lipinski definition) is 3. The van der Waals surface area contributed by atoms with Crippen molar-refractivity contribution in [3.05, 3.63) is 21.7 Å². The number of rotatable bonds is 3. The van der Waals surface area contributed by atoms with Gasteiger partial charge in [-0.25, -0.2) is 0 Å². The van der Waals surface area contributed by atoms with Crippen molar-refractivity contribution < 1.29 is 9.47 Å². The molecule has 4 heteroatoms. The fraction of sp³-hybridized carbons (Fsp3) is 0.538. The summed E-state index contributed by atoms with van der Waals surface area (Å²) in [6.07, 6.45) is 0.852. The van der Waals surface area contributed by atoms with Gasteiger partial charge >= 0.3 is 0 Å². The lowest BCUT2D eigenvalue weighted by atomic mass is 9.93. The van der Waals surface area contributed by atoms with E-state index < -0.39 is 0 Å². The minimum atomic E-state index is 0.393. The summed E-state index contributed by atoms with van der Waals surface area (Å²) in [5.41, 5.74) is 8.15. The number of nitrogens with two attached hydrogens (primary N) is 1. The molecule has 1 aromatic rings. The molecule has 2 N–H and O–H groups in total. The van der Waals surface area contributed by atoms with Crippen molar-refractivity contribution in [1.82, 2.24) is 0 Å². The molecule has 0 saturated heterocycles. The van der Waals surface area contributed by atoms with Gasteiger partial charge in [0.15, 0.2) is 11.5 Å². The highest BCUT2D eigenvalue weighted by atomic mass is 79.9. The van der Waals surface area contributed by atoms with Crippen molar-refractivity contribution in [1.29, 1.82) is 0 Å². The molecular weight excluding hydrogens is 282 g/mol. The van der Waals surface area contributed by atoms with Gasteiger partial charge in [-0.15, -0.1) is 0 Å². The van der Waals surface area contributed by atoms with Crippen LogP contribution in [0.5, 0.6) is 11.5 Å². The van der Waals surface area contributed by atoms with Gasteiger partial charge in [-0.2, -0.15) is 0 Å². The van der Waals surface area contributed by atoms with E-state index in [0.717, 1.165) is 22.4 Å². The molecule has 0 bridgehead atoms. The van der Waals surface area contributed by atoms with Gasteiger partial charge in [-0.3, -0.25) is 0 Å². The zero-order valence-corrected chi connectivity index (χ0v) is 11.8. The van der Waals surface area contributed by atoms with Crippen molar-refractivity contribution >= 4 is 15.9 Å². The molecule has 0 fully saturated rings. The minimum absolute atomic E-state index is 0.393. The van der Waals surface area contributed by atoms with Crippen molar-refractivity contribution in [2.45, 2.75) is 26.2 Å². The summed E-state index contributed by atoms with van der Waals surface area (Å²) < 4.78 is 12.5. The van der Waals surface area contributed by atoms with Crippen molar-refractivity contribution in [3.8, 4) is 11.5 Å². The van der Waals surface area contributed by atoms with Gasteiger partial charge in [0.05, 0.1) is 0 Å². The SMILES string of the molecule is CC(C)c1c(CCN)c(Br)cc2c1OCCO2. The third kappa shape index (κ3) is 2.43. The van der Waals surface area contributed by atoms with E-state index >= 15 is 0 Å². The number of hydrogen-bond donors (Lipinski definition) is 1. The average molecular weight is 300 g/mol. The van der Waals surface area contributed by atoms with Crippen LogP contribution in [0.1, 0.15) is 30.9 Å². The maximum atomic E-state index is 5.77. The summed E-state index contributed by atoms with van der Waals surface area (Å²) in [6.45, 7) is 6.21. The van der Waals surface area contributed by atoms with Gasteiger partial charge in [0.25, 0.3) is 0 Å². The second-order valence-corrected chi connectivity index (χ2v) is 5.32. The summed E-state index contributed by atoms with van der Waals surface area (Å²) in [6, 6.07) is 1.99. The summed E-state index contributed by atoms with van der Waals surface area (Å²) >= 11 is 3.60. The van der Waals surface area contributed by atoms with Gasteiger partial charge < -0.3 is 15.2 Å². The molecule has 0 amide bonds. The lowest BCUT2D eigenvalue weighted by Gasteiger charge is -2.26. The molecule has 0 unspecified atom stereocenters. The van der Waals surface area contributed by atoms with E-state index in [2.05, 4.69) is 29.8 Å². The first-order chi connectivity index (χ1) is 8.15. The van der Waals surface area contributed by atoms with Gasteiger partial charge in [0.1, 0.15) is 13.2 Å². The highest BCUT2D eigenvalue weighted by Crippen LogP contribution is 2.43. The lowest BCUT2D eigenvalue weighted by Crippen LogP contribution is -2.18. The smallest absolute Gasteiger partial charge is 0.165 e. The monoisotopic (exact) mass is 299 g/mol. The molecule has 1 aliphatic rings. The Hall–Kier alpha value is -0.740. The first-order valence-electron chi connectivity index (χ1n) is 5.96. The van der Waals surface area contributed by atoms with Gasteiger partial charge in [0.2, 0.25) is 0 Å². The predicted molar refractivity (Wildman–Crippen MR) is 72.0 cm³/mol. The molecule has 2 rings (SSSR count). The Bertz CT molecular complexity index is 418. The van der Waals surface area contributed by atoms with Gasteiger partial charge in [0, 0.05) is 10.0 Å². The third-order valence-corrected chi connectivity index (χ3v) is 3.61. The molecule has 17 heavy (non-hydrogen) atoms. The molecule has 0 atom stereocenters. The van der Waals surface area contributed by atoms with Crippen LogP contribution in [0.4, 0.5) is 0 Å². The van der Waals surface area contributed by atoms with E-state index in [1.54, 1.807) is 0 Å². The fourth-order valence-corrected chi connectivity index (χ4v) is 2.85. The van der Waals surface area contributed by atoms with E-state index in [1.165, 1.54) is 11.1 Å². The van der Waals surface area contributed by atoms with E-state index in [-0.39, 0.29) is 0 Å². The quantitative estimate of drug-likeness (QED) is 0.933. The fourth-order valence-electron chi connectivity index (χ4n) is 2.23. The van der Waals surface area contributed by atoms with E-state index in [4.69, 9.17) is 15.2 Å². The molecule has 0 aliphatic carbocycles. The molecule has 0 spiro atoms. The molecule has 1 aliphatic heterocycles.